The highest BCUT2D eigenvalue weighted by molar-refractivity contribution is 7.91. The zero-order chi connectivity index (χ0) is 21.5. The molecule has 8 nitrogen and oxygen atoms in total. The average Bonchev–Trinajstić information content (AvgIpc) is 3.19. The van der Waals surface area contributed by atoms with E-state index in [1.165, 1.54) is 0 Å². The predicted octanol–water partition coefficient (Wildman–Crippen LogP) is 0.0868. The Labute approximate surface area is 175 Å². The lowest BCUT2D eigenvalue weighted by Crippen LogP contribution is -2.45. The van der Waals surface area contributed by atoms with E-state index >= 15 is 0 Å². The van der Waals surface area contributed by atoms with Crippen LogP contribution in [0.5, 0.6) is 0 Å². The van der Waals surface area contributed by atoms with Gasteiger partial charge in [-0.05, 0) is 12.8 Å². The molecule has 4 rings (SSSR count). The Bertz CT molecular complexity index is 727. The van der Waals surface area contributed by atoms with Crippen LogP contribution in [0.25, 0.3) is 0 Å². The topological polar surface area (TPSA) is 105 Å². The van der Waals surface area contributed by atoms with E-state index in [-0.39, 0.29) is 68.0 Å². The molecule has 0 aromatic rings. The molecule has 3 saturated heterocycles. The van der Waals surface area contributed by atoms with Gasteiger partial charge in [-0.3, -0.25) is 4.79 Å². The summed E-state index contributed by atoms with van der Waals surface area (Å²) < 4.78 is 61.3. The summed E-state index contributed by atoms with van der Waals surface area (Å²) in [7, 11) is -3.04. The minimum Gasteiger partial charge on any atom is -0.388 e. The van der Waals surface area contributed by atoms with Gasteiger partial charge in [-0.25, -0.2) is 17.2 Å². The number of carbonyl (C=O) groups is 1. The van der Waals surface area contributed by atoms with Gasteiger partial charge in [0.25, 0.3) is 0 Å². The van der Waals surface area contributed by atoms with Crippen molar-refractivity contribution in [1.29, 1.82) is 0 Å². The van der Waals surface area contributed by atoms with Crippen molar-refractivity contribution in [2.75, 3.05) is 31.1 Å². The maximum atomic E-state index is 13.3. The van der Waals surface area contributed by atoms with E-state index in [9.17, 15) is 27.1 Å². The summed E-state index contributed by atoms with van der Waals surface area (Å²) in [5.74, 6) is -2.73. The van der Waals surface area contributed by atoms with Crippen molar-refractivity contribution >= 4 is 15.7 Å². The first-order chi connectivity index (χ1) is 14.1. The summed E-state index contributed by atoms with van der Waals surface area (Å²) in [6.45, 7) is 0.793. The Morgan fingerprint density at radius 2 is 1.83 bits per heavy atom. The molecule has 5 atom stereocenters. The van der Waals surface area contributed by atoms with Crippen LogP contribution in [-0.2, 0) is 24.1 Å². The molecule has 0 radical (unpaired) electrons. The van der Waals surface area contributed by atoms with Gasteiger partial charge in [0.15, 0.2) is 9.84 Å². The first kappa shape index (κ1) is 22.3. The van der Waals surface area contributed by atoms with Gasteiger partial charge in [-0.2, -0.15) is 0 Å². The molecular weight excluding hydrogens is 422 g/mol. The fraction of sp³-hybridized carbons (Fsp3) is 0.947. The third-order valence-corrected chi connectivity index (χ3v) is 8.31. The smallest absolute Gasteiger partial charge is 0.248 e. The normalized spacial score (nSPS) is 38.5. The summed E-state index contributed by atoms with van der Waals surface area (Å²) in [5, 5.41) is 13.8. The standard InChI is InChI=1S/C19H30F2N2O6S/c20-19(21)3-1-12(2-4-19)22-11-15-17(25)18-14(29-15)9-13(28-18)10-16(24)23-5-7-30(26,27)8-6-23/h12-15,17-18,22,25H,1-11H2/t13-,14+,15+,17+,18-/m0/s1. The maximum absolute atomic E-state index is 13.3. The van der Waals surface area contributed by atoms with Gasteiger partial charge in [0.05, 0.1) is 36.2 Å². The van der Waals surface area contributed by atoms with E-state index in [0.29, 0.717) is 25.8 Å². The number of alkyl halides is 2. The molecule has 30 heavy (non-hydrogen) atoms. The second-order valence-corrected chi connectivity index (χ2v) is 11.2. The van der Waals surface area contributed by atoms with E-state index in [4.69, 9.17) is 9.47 Å². The predicted molar refractivity (Wildman–Crippen MR) is 103 cm³/mol. The van der Waals surface area contributed by atoms with Crippen molar-refractivity contribution in [3.63, 3.8) is 0 Å². The fourth-order valence-electron chi connectivity index (χ4n) is 4.82. The van der Waals surface area contributed by atoms with Crippen LogP contribution in [0, 0.1) is 0 Å². The van der Waals surface area contributed by atoms with Gasteiger partial charge >= 0.3 is 0 Å². The molecule has 4 fully saturated rings. The number of aliphatic hydroxyl groups excluding tert-OH is 1. The van der Waals surface area contributed by atoms with Gasteiger partial charge in [-0.1, -0.05) is 0 Å². The number of nitrogens with one attached hydrogen (secondary N) is 1. The van der Waals surface area contributed by atoms with E-state index in [1.807, 2.05) is 0 Å². The van der Waals surface area contributed by atoms with Crippen LogP contribution >= 0.6 is 0 Å². The van der Waals surface area contributed by atoms with Gasteiger partial charge in [0.1, 0.15) is 12.2 Å². The third-order valence-electron chi connectivity index (χ3n) is 6.70. The maximum Gasteiger partial charge on any atom is 0.248 e. The SMILES string of the molecule is O=C(C[C@@H]1C[C@H]2O[C@H](CNC3CCC(F)(F)CC3)[C@@H](O)[C@H]2O1)N1CCS(=O)(=O)CC1. The molecule has 2 N–H and O–H groups in total. The fourth-order valence-corrected chi connectivity index (χ4v) is 6.02. The summed E-state index contributed by atoms with van der Waals surface area (Å²) in [5.41, 5.74) is 0. The molecule has 3 heterocycles. The highest BCUT2D eigenvalue weighted by Gasteiger charge is 2.50. The molecule has 4 aliphatic rings. The third kappa shape index (κ3) is 5.12. The molecule has 172 valence electrons. The lowest BCUT2D eigenvalue weighted by molar-refractivity contribution is -0.134. The molecule has 3 aliphatic heterocycles. The number of ether oxygens (including phenoxy) is 2. The van der Waals surface area contributed by atoms with Crippen LogP contribution in [0.2, 0.25) is 0 Å². The largest absolute Gasteiger partial charge is 0.388 e. The van der Waals surface area contributed by atoms with Gasteiger partial charge in [0.2, 0.25) is 11.8 Å². The molecule has 0 bridgehead atoms. The molecule has 0 aromatic carbocycles. The van der Waals surface area contributed by atoms with E-state index in [0.717, 1.165) is 0 Å². The molecule has 1 aliphatic carbocycles. The van der Waals surface area contributed by atoms with Crippen molar-refractivity contribution in [2.45, 2.75) is 81.0 Å². The molecule has 0 aromatic heterocycles. The first-order valence-corrected chi connectivity index (χ1v) is 12.5. The Balaban J connectivity index is 1.20. The number of hydrogen-bond donors (Lipinski definition) is 2. The number of halogens is 2. The van der Waals surface area contributed by atoms with Crippen LogP contribution in [-0.4, -0.2) is 98.0 Å². The highest BCUT2D eigenvalue weighted by Crippen LogP contribution is 2.36. The number of amides is 1. The minimum atomic E-state index is -3.04. The Morgan fingerprint density at radius 3 is 2.47 bits per heavy atom. The van der Waals surface area contributed by atoms with Gasteiger partial charge in [0, 0.05) is 44.9 Å². The number of nitrogens with zero attached hydrogens (tertiary/aromatic N) is 1. The molecule has 1 amide bonds. The van der Waals surface area contributed by atoms with Crippen molar-refractivity contribution in [2.24, 2.45) is 0 Å². The first-order valence-electron chi connectivity index (χ1n) is 10.7. The van der Waals surface area contributed by atoms with E-state index in [2.05, 4.69) is 5.32 Å². The number of hydrogen-bond acceptors (Lipinski definition) is 7. The van der Waals surface area contributed by atoms with E-state index < -0.39 is 34.1 Å². The number of sulfone groups is 1. The minimum absolute atomic E-state index is 0.000473. The zero-order valence-corrected chi connectivity index (χ0v) is 17.7. The molecular formula is C19H30F2N2O6S. The van der Waals surface area contributed by atoms with Crippen LogP contribution in [0.1, 0.15) is 38.5 Å². The number of aliphatic hydroxyl groups is 1. The average molecular weight is 453 g/mol. The second kappa shape index (κ2) is 8.57. The second-order valence-electron chi connectivity index (χ2n) is 8.94. The lowest BCUT2D eigenvalue weighted by Gasteiger charge is -2.30. The van der Waals surface area contributed by atoms with Crippen LogP contribution in [0.15, 0.2) is 0 Å². The van der Waals surface area contributed by atoms with Crippen LogP contribution in [0.3, 0.4) is 0 Å². The Hall–Kier alpha value is -0.880. The summed E-state index contributed by atoms with van der Waals surface area (Å²) >= 11 is 0. The van der Waals surface area contributed by atoms with Crippen molar-refractivity contribution in [1.82, 2.24) is 10.2 Å². The lowest BCUT2D eigenvalue weighted by atomic mass is 9.92. The van der Waals surface area contributed by atoms with Gasteiger partial charge in [-0.15, -0.1) is 0 Å². The zero-order valence-electron chi connectivity index (χ0n) is 16.8. The van der Waals surface area contributed by atoms with Gasteiger partial charge < -0.3 is 24.8 Å². The highest BCUT2D eigenvalue weighted by atomic mass is 32.2. The number of rotatable bonds is 5. The summed E-state index contributed by atoms with van der Waals surface area (Å²) in [6.07, 6.45) is -1.28. The van der Waals surface area contributed by atoms with Crippen LogP contribution in [0.4, 0.5) is 8.78 Å². The number of fused-ring (bicyclic) bond motifs is 1. The number of carbonyl (C=O) groups excluding carboxylic acids is 1. The molecule has 0 spiro atoms. The Kier molecular flexibility index (Phi) is 6.38. The summed E-state index contributed by atoms with van der Waals surface area (Å²) in [6, 6.07) is 0.000473. The summed E-state index contributed by atoms with van der Waals surface area (Å²) in [4.78, 5) is 14.0. The van der Waals surface area contributed by atoms with Crippen molar-refractivity contribution in [3.05, 3.63) is 0 Å². The Morgan fingerprint density at radius 1 is 1.17 bits per heavy atom. The van der Waals surface area contributed by atoms with Crippen molar-refractivity contribution < 1.29 is 36.6 Å². The molecule has 1 saturated carbocycles. The van der Waals surface area contributed by atoms with Crippen molar-refractivity contribution in [3.8, 4) is 0 Å². The van der Waals surface area contributed by atoms with E-state index in [1.54, 1.807) is 4.90 Å². The molecule has 0 unspecified atom stereocenters. The molecule has 11 heteroatoms. The quantitative estimate of drug-likeness (QED) is 0.609. The van der Waals surface area contributed by atoms with Crippen LogP contribution < -0.4 is 5.32 Å². The monoisotopic (exact) mass is 452 g/mol.